The van der Waals surface area contributed by atoms with Gasteiger partial charge in [-0.1, -0.05) is 38.1 Å². The van der Waals surface area contributed by atoms with E-state index >= 15 is 0 Å². The van der Waals surface area contributed by atoms with Gasteiger partial charge in [0.1, 0.15) is 0 Å². The van der Waals surface area contributed by atoms with Crippen molar-refractivity contribution < 1.29 is 8.42 Å². The SMILES string of the molecule is C=CCS(=O)(=O)N1CC(C)(C)c2ccccc21. The van der Waals surface area contributed by atoms with Gasteiger partial charge in [-0.2, -0.15) is 0 Å². The third-order valence-electron chi connectivity index (χ3n) is 3.11. The molecule has 0 unspecified atom stereocenters. The van der Waals surface area contributed by atoms with E-state index in [9.17, 15) is 8.42 Å². The van der Waals surface area contributed by atoms with Crippen LogP contribution in [0.15, 0.2) is 36.9 Å². The standard InChI is InChI=1S/C13H17NO2S/c1-4-9-17(15,16)14-10-13(2,3)11-7-5-6-8-12(11)14/h4-8H,1,9-10H2,2-3H3. The normalized spacial score (nSPS) is 17.9. The lowest BCUT2D eigenvalue weighted by atomic mass is 9.87. The molecule has 92 valence electrons. The van der Waals surface area contributed by atoms with E-state index in [2.05, 4.69) is 20.4 Å². The Balaban J connectivity index is 2.52. The lowest BCUT2D eigenvalue weighted by molar-refractivity contribution is 0.556. The Labute approximate surface area is 103 Å². The van der Waals surface area contributed by atoms with Crippen molar-refractivity contribution in [3.8, 4) is 0 Å². The Bertz CT molecular complexity index is 546. The van der Waals surface area contributed by atoms with E-state index < -0.39 is 10.0 Å². The van der Waals surface area contributed by atoms with Gasteiger partial charge in [-0.15, -0.1) is 6.58 Å². The van der Waals surface area contributed by atoms with E-state index in [4.69, 9.17) is 0 Å². The first-order chi connectivity index (χ1) is 7.88. The molecule has 0 N–H and O–H groups in total. The van der Waals surface area contributed by atoms with Gasteiger partial charge in [0.05, 0.1) is 11.4 Å². The molecule has 0 bridgehead atoms. The zero-order valence-corrected chi connectivity index (χ0v) is 11.0. The molecule has 1 aliphatic heterocycles. The number of anilines is 1. The Morgan fingerprint density at radius 3 is 2.71 bits per heavy atom. The first-order valence-electron chi connectivity index (χ1n) is 5.59. The summed E-state index contributed by atoms with van der Waals surface area (Å²) in [6, 6.07) is 7.68. The van der Waals surface area contributed by atoms with Crippen LogP contribution in [0.1, 0.15) is 19.4 Å². The van der Waals surface area contributed by atoms with Crippen LogP contribution in [0.5, 0.6) is 0 Å². The van der Waals surface area contributed by atoms with Gasteiger partial charge < -0.3 is 0 Å². The Kier molecular flexibility index (Phi) is 2.78. The molecule has 2 rings (SSSR count). The summed E-state index contributed by atoms with van der Waals surface area (Å²) in [7, 11) is -3.28. The molecular weight excluding hydrogens is 234 g/mol. The summed E-state index contributed by atoms with van der Waals surface area (Å²) < 4.78 is 25.8. The minimum atomic E-state index is -3.28. The highest BCUT2D eigenvalue weighted by Crippen LogP contribution is 2.41. The maximum Gasteiger partial charge on any atom is 0.238 e. The van der Waals surface area contributed by atoms with Crippen LogP contribution in [0, 0.1) is 0 Å². The molecule has 1 aromatic carbocycles. The Morgan fingerprint density at radius 1 is 1.41 bits per heavy atom. The number of sulfonamides is 1. The fraction of sp³-hybridized carbons (Fsp3) is 0.385. The molecule has 0 fully saturated rings. The number of hydrogen-bond acceptors (Lipinski definition) is 2. The predicted molar refractivity (Wildman–Crippen MR) is 70.8 cm³/mol. The molecule has 0 saturated carbocycles. The fourth-order valence-electron chi connectivity index (χ4n) is 2.28. The van der Waals surface area contributed by atoms with E-state index in [1.807, 2.05) is 24.3 Å². The van der Waals surface area contributed by atoms with Gasteiger partial charge in [-0.3, -0.25) is 4.31 Å². The van der Waals surface area contributed by atoms with Crippen LogP contribution >= 0.6 is 0 Å². The third kappa shape index (κ3) is 1.97. The van der Waals surface area contributed by atoms with Gasteiger partial charge in [0, 0.05) is 12.0 Å². The van der Waals surface area contributed by atoms with Gasteiger partial charge in [0.25, 0.3) is 0 Å². The second-order valence-corrected chi connectivity index (χ2v) is 6.91. The lowest BCUT2D eigenvalue weighted by Gasteiger charge is -2.21. The summed E-state index contributed by atoms with van der Waals surface area (Å²) in [5.41, 5.74) is 1.76. The predicted octanol–water partition coefficient (Wildman–Crippen LogP) is 2.30. The number of fused-ring (bicyclic) bond motifs is 1. The maximum atomic E-state index is 12.1. The van der Waals surface area contributed by atoms with E-state index in [1.165, 1.54) is 10.4 Å². The summed E-state index contributed by atoms with van der Waals surface area (Å²) in [5, 5.41) is 0. The number of benzene rings is 1. The number of hydrogen-bond donors (Lipinski definition) is 0. The molecule has 0 aliphatic carbocycles. The smallest absolute Gasteiger partial charge is 0.238 e. The molecule has 0 atom stereocenters. The van der Waals surface area contributed by atoms with Crippen LogP contribution in [-0.4, -0.2) is 20.7 Å². The van der Waals surface area contributed by atoms with Crippen molar-refractivity contribution in [1.29, 1.82) is 0 Å². The van der Waals surface area contributed by atoms with Crippen molar-refractivity contribution >= 4 is 15.7 Å². The first-order valence-corrected chi connectivity index (χ1v) is 7.20. The molecule has 0 radical (unpaired) electrons. The highest BCUT2D eigenvalue weighted by molar-refractivity contribution is 7.92. The van der Waals surface area contributed by atoms with E-state index in [1.54, 1.807) is 0 Å². The topological polar surface area (TPSA) is 37.4 Å². The molecule has 0 amide bonds. The van der Waals surface area contributed by atoms with Crippen LogP contribution in [-0.2, 0) is 15.4 Å². The van der Waals surface area contributed by atoms with Crippen LogP contribution in [0.25, 0.3) is 0 Å². The summed E-state index contributed by atoms with van der Waals surface area (Å²) in [4.78, 5) is 0. The van der Waals surface area contributed by atoms with Crippen LogP contribution < -0.4 is 4.31 Å². The minimum absolute atomic E-state index is 0.0165. The maximum absolute atomic E-state index is 12.1. The zero-order valence-electron chi connectivity index (χ0n) is 10.2. The van der Waals surface area contributed by atoms with Gasteiger partial charge in [-0.05, 0) is 11.6 Å². The van der Waals surface area contributed by atoms with Crippen molar-refractivity contribution in [1.82, 2.24) is 0 Å². The number of rotatable bonds is 3. The zero-order chi connectivity index (χ0) is 12.7. The number of para-hydroxylation sites is 1. The molecule has 4 heteroatoms. The largest absolute Gasteiger partial charge is 0.269 e. The van der Waals surface area contributed by atoms with Crippen molar-refractivity contribution in [2.24, 2.45) is 0 Å². The highest BCUT2D eigenvalue weighted by atomic mass is 32.2. The van der Waals surface area contributed by atoms with Crippen LogP contribution in [0.3, 0.4) is 0 Å². The van der Waals surface area contributed by atoms with Gasteiger partial charge >= 0.3 is 0 Å². The van der Waals surface area contributed by atoms with Gasteiger partial charge in [0.2, 0.25) is 10.0 Å². The lowest BCUT2D eigenvalue weighted by Crippen LogP contribution is -2.35. The average molecular weight is 251 g/mol. The van der Waals surface area contributed by atoms with Crippen LogP contribution in [0.2, 0.25) is 0 Å². The minimum Gasteiger partial charge on any atom is -0.269 e. The molecule has 1 heterocycles. The summed E-state index contributed by atoms with van der Waals surface area (Å²) in [6.07, 6.45) is 1.43. The van der Waals surface area contributed by atoms with E-state index in [0.717, 1.165) is 11.3 Å². The molecule has 0 aromatic heterocycles. The Hall–Kier alpha value is -1.29. The van der Waals surface area contributed by atoms with E-state index in [-0.39, 0.29) is 11.2 Å². The first kappa shape index (κ1) is 12.2. The van der Waals surface area contributed by atoms with Crippen molar-refractivity contribution in [2.75, 3.05) is 16.6 Å². The summed E-state index contributed by atoms with van der Waals surface area (Å²) in [5.74, 6) is -0.0165. The molecule has 0 saturated heterocycles. The van der Waals surface area contributed by atoms with Gasteiger partial charge in [0.15, 0.2) is 0 Å². The molecule has 17 heavy (non-hydrogen) atoms. The molecule has 3 nitrogen and oxygen atoms in total. The van der Waals surface area contributed by atoms with E-state index in [0.29, 0.717) is 6.54 Å². The van der Waals surface area contributed by atoms with Crippen LogP contribution in [0.4, 0.5) is 5.69 Å². The summed E-state index contributed by atoms with van der Waals surface area (Å²) >= 11 is 0. The summed E-state index contributed by atoms with van der Waals surface area (Å²) in [6.45, 7) is 8.14. The second-order valence-electron chi connectivity index (χ2n) is 4.97. The Morgan fingerprint density at radius 2 is 2.06 bits per heavy atom. The monoisotopic (exact) mass is 251 g/mol. The number of nitrogens with zero attached hydrogens (tertiary/aromatic N) is 1. The molecular formula is C13H17NO2S. The average Bonchev–Trinajstić information content (AvgIpc) is 2.53. The highest BCUT2D eigenvalue weighted by Gasteiger charge is 2.39. The van der Waals surface area contributed by atoms with Crippen molar-refractivity contribution in [2.45, 2.75) is 19.3 Å². The molecule has 0 spiro atoms. The quantitative estimate of drug-likeness (QED) is 0.773. The fourth-order valence-corrected chi connectivity index (χ4v) is 3.74. The van der Waals surface area contributed by atoms with Crippen molar-refractivity contribution in [3.63, 3.8) is 0 Å². The molecule has 1 aromatic rings. The van der Waals surface area contributed by atoms with Gasteiger partial charge in [-0.25, -0.2) is 8.42 Å². The second kappa shape index (κ2) is 3.88. The third-order valence-corrected chi connectivity index (χ3v) is 4.76. The van der Waals surface area contributed by atoms with Crippen molar-refractivity contribution in [3.05, 3.63) is 42.5 Å². The molecule has 1 aliphatic rings.